The van der Waals surface area contributed by atoms with E-state index in [0.29, 0.717) is 6.42 Å². The Balaban J connectivity index is 3.68. The fourth-order valence-electron chi connectivity index (χ4n) is 1.36. The van der Waals surface area contributed by atoms with Crippen molar-refractivity contribution in [2.75, 3.05) is 6.16 Å². The molecule has 86 valence electrons. The standard InChI is InChI=1S/C9H20BrO3P/c1-3-9(10,4-2)7-5-6-8-14(11,12)13/h3-8H2,1-2H3,(H2,11,12,13). The Morgan fingerprint density at radius 3 is 2.07 bits per heavy atom. The summed E-state index contributed by atoms with van der Waals surface area (Å²) in [6.07, 6.45) is 4.60. The fraction of sp³-hybridized carbons (Fsp3) is 1.00. The number of rotatable bonds is 7. The molecule has 0 radical (unpaired) electrons. The van der Waals surface area contributed by atoms with Crippen LogP contribution in [0.25, 0.3) is 0 Å². The van der Waals surface area contributed by atoms with Crippen LogP contribution in [-0.2, 0) is 4.57 Å². The molecular weight excluding hydrogens is 267 g/mol. The largest absolute Gasteiger partial charge is 0.325 e. The normalized spacial score (nSPS) is 13.2. The molecule has 0 unspecified atom stereocenters. The summed E-state index contributed by atoms with van der Waals surface area (Å²) < 4.78 is 10.7. The van der Waals surface area contributed by atoms with Crippen LogP contribution in [0.3, 0.4) is 0 Å². The monoisotopic (exact) mass is 286 g/mol. The molecule has 0 fully saturated rings. The number of hydrogen-bond acceptors (Lipinski definition) is 1. The first-order chi connectivity index (χ1) is 6.33. The van der Waals surface area contributed by atoms with Crippen LogP contribution in [-0.4, -0.2) is 20.3 Å². The van der Waals surface area contributed by atoms with E-state index in [0.717, 1.165) is 25.7 Å². The van der Waals surface area contributed by atoms with Gasteiger partial charge in [0.25, 0.3) is 0 Å². The van der Waals surface area contributed by atoms with Gasteiger partial charge in [-0.25, -0.2) is 0 Å². The lowest BCUT2D eigenvalue weighted by molar-refractivity contribution is 0.369. The second-order valence-electron chi connectivity index (χ2n) is 3.70. The summed E-state index contributed by atoms with van der Waals surface area (Å²) in [5.74, 6) is 0. The highest BCUT2D eigenvalue weighted by molar-refractivity contribution is 9.10. The van der Waals surface area contributed by atoms with Crippen LogP contribution in [0.15, 0.2) is 0 Å². The Morgan fingerprint density at radius 2 is 1.71 bits per heavy atom. The molecule has 0 aliphatic rings. The summed E-state index contributed by atoms with van der Waals surface area (Å²) in [5, 5.41) is 0. The fourth-order valence-corrected chi connectivity index (χ4v) is 2.28. The molecule has 0 aliphatic carbocycles. The van der Waals surface area contributed by atoms with Gasteiger partial charge < -0.3 is 9.79 Å². The van der Waals surface area contributed by atoms with Gasteiger partial charge >= 0.3 is 7.60 Å². The van der Waals surface area contributed by atoms with E-state index >= 15 is 0 Å². The Bertz CT molecular complexity index is 198. The zero-order valence-corrected chi connectivity index (χ0v) is 11.4. The van der Waals surface area contributed by atoms with Gasteiger partial charge in [0.2, 0.25) is 0 Å². The molecule has 0 aromatic rings. The highest BCUT2D eigenvalue weighted by Crippen LogP contribution is 2.37. The Labute approximate surface area is 94.6 Å². The number of halogens is 1. The number of unbranched alkanes of at least 4 members (excludes halogenated alkanes) is 1. The van der Waals surface area contributed by atoms with Crippen molar-refractivity contribution in [2.45, 2.75) is 50.3 Å². The second-order valence-corrected chi connectivity index (χ2v) is 7.16. The van der Waals surface area contributed by atoms with Gasteiger partial charge in [0, 0.05) is 10.5 Å². The Hall–Kier alpha value is 0.630. The van der Waals surface area contributed by atoms with Crippen molar-refractivity contribution >= 4 is 23.5 Å². The average molecular weight is 287 g/mol. The molecule has 14 heavy (non-hydrogen) atoms. The van der Waals surface area contributed by atoms with Gasteiger partial charge in [-0.2, -0.15) is 0 Å². The first-order valence-corrected chi connectivity index (χ1v) is 7.65. The predicted molar refractivity (Wildman–Crippen MR) is 63.0 cm³/mol. The molecule has 2 N–H and O–H groups in total. The molecule has 0 bridgehead atoms. The van der Waals surface area contributed by atoms with Crippen molar-refractivity contribution in [3.05, 3.63) is 0 Å². The molecule has 0 aromatic heterocycles. The van der Waals surface area contributed by atoms with Crippen molar-refractivity contribution in [3.63, 3.8) is 0 Å². The molecule has 0 atom stereocenters. The quantitative estimate of drug-likeness (QED) is 0.429. The molecule has 0 aromatic carbocycles. The van der Waals surface area contributed by atoms with Gasteiger partial charge in [-0.15, -0.1) is 0 Å². The van der Waals surface area contributed by atoms with Gasteiger partial charge in [0.15, 0.2) is 0 Å². The van der Waals surface area contributed by atoms with E-state index in [4.69, 9.17) is 9.79 Å². The average Bonchev–Trinajstić information content (AvgIpc) is 2.11. The SMILES string of the molecule is CCC(Br)(CC)CCCCP(=O)(O)O. The predicted octanol–water partition coefficient (Wildman–Crippen LogP) is 3.29. The molecule has 0 saturated carbocycles. The van der Waals surface area contributed by atoms with Crippen molar-refractivity contribution in [1.82, 2.24) is 0 Å². The number of alkyl halides is 1. The highest BCUT2D eigenvalue weighted by atomic mass is 79.9. The van der Waals surface area contributed by atoms with E-state index in [1.165, 1.54) is 0 Å². The lowest BCUT2D eigenvalue weighted by Crippen LogP contribution is -2.17. The Morgan fingerprint density at radius 1 is 1.21 bits per heavy atom. The van der Waals surface area contributed by atoms with E-state index in [9.17, 15) is 4.57 Å². The maximum atomic E-state index is 10.6. The van der Waals surface area contributed by atoms with Crippen LogP contribution >= 0.6 is 23.5 Å². The van der Waals surface area contributed by atoms with Gasteiger partial charge in [-0.1, -0.05) is 36.2 Å². The Kier molecular flexibility index (Phi) is 6.55. The van der Waals surface area contributed by atoms with E-state index in [2.05, 4.69) is 29.8 Å². The van der Waals surface area contributed by atoms with Crippen LogP contribution in [0.2, 0.25) is 0 Å². The summed E-state index contributed by atoms with van der Waals surface area (Å²) in [5.41, 5.74) is 0. The van der Waals surface area contributed by atoms with Crippen LogP contribution < -0.4 is 0 Å². The summed E-state index contributed by atoms with van der Waals surface area (Å²) in [6, 6.07) is 0. The van der Waals surface area contributed by atoms with Crippen molar-refractivity contribution in [2.24, 2.45) is 0 Å². The minimum Gasteiger partial charge on any atom is -0.324 e. The summed E-state index contributed by atoms with van der Waals surface area (Å²) in [6.45, 7) is 4.25. The smallest absolute Gasteiger partial charge is 0.324 e. The molecule has 0 heterocycles. The summed E-state index contributed by atoms with van der Waals surface area (Å²) in [4.78, 5) is 17.3. The van der Waals surface area contributed by atoms with E-state index in [1.807, 2.05) is 0 Å². The second kappa shape index (κ2) is 6.26. The van der Waals surface area contributed by atoms with Crippen molar-refractivity contribution < 1.29 is 14.4 Å². The van der Waals surface area contributed by atoms with Crippen LogP contribution in [0.5, 0.6) is 0 Å². The van der Waals surface area contributed by atoms with Crippen LogP contribution in [0, 0.1) is 0 Å². The molecule has 3 nitrogen and oxygen atoms in total. The van der Waals surface area contributed by atoms with Crippen molar-refractivity contribution in [1.29, 1.82) is 0 Å². The summed E-state index contributed by atoms with van der Waals surface area (Å²) >= 11 is 3.67. The van der Waals surface area contributed by atoms with Gasteiger partial charge in [-0.3, -0.25) is 4.57 Å². The highest BCUT2D eigenvalue weighted by Gasteiger charge is 2.21. The topological polar surface area (TPSA) is 57.5 Å². The first kappa shape index (κ1) is 14.6. The van der Waals surface area contributed by atoms with E-state index in [1.54, 1.807) is 0 Å². The third kappa shape index (κ3) is 6.99. The molecule has 0 saturated heterocycles. The molecule has 0 rings (SSSR count). The van der Waals surface area contributed by atoms with E-state index < -0.39 is 7.60 Å². The third-order valence-corrected chi connectivity index (χ3v) is 5.01. The minimum absolute atomic E-state index is 0.0174. The summed E-state index contributed by atoms with van der Waals surface area (Å²) in [7, 11) is -3.78. The lowest BCUT2D eigenvalue weighted by atomic mass is 9.96. The first-order valence-electron chi connectivity index (χ1n) is 5.06. The lowest BCUT2D eigenvalue weighted by Gasteiger charge is -2.24. The van der Waals surface area contributed by atoms with Gasteiger partial charge in [-0.05, 0) is 25.7 Å². The van der Waals surface area contributed by atoms with Crippen LogP contribution in [0.4, 0.5) is 0 Å². The maximum Gasteiger partial charge on any atom is 0.325 e. The van der Waals surface area contributed by atoms with Crippen LogP contribution in [0.1, 0.15) is 46.0 Å². The number of hydrogen-bond donors (Lipinski definition) is 2. The molecule has 0 amide bonds. The molecule has 0 spiro atoms. The van der Waals surface area contributed by atoms with E-state index in [-0.39, 0.29) is 10.5 Å². The van der Waals surface area contributed by atoms with Gasteiger partial charge in [0.1, 0.15) is 0 Å². The third-order valence-electron chi connectivity index (χ3n) is 2.59. The molecule has 0 aliphatic heterocycles. The maximum absolute atomic E-state index is 10.6. The zero-order valence-electron chi connectivity index (χ0n) is 8.87. The minimum atomic E-state index is -3.78. The zero-order chi connectivity index (χ0) is 11.2. The van der Waals surface area contributed by atoms with Crippen molar-refractivity contribution in [3.8, 4) is 0 Å². The van der Waals surface area contributed by atoms with Gasteiger partial charge in [0.05, 0.1) is 0 Å². The molecular formula is C9H20BrO3P. The molecule has 5 heteroatoms.